The van der Waals surface area contributed by atoms with Crippen LogP contribution in [0.5, 0.6) is 0 Å². The van der Waals surface area contributed by atoms with Crippen molar-refractivity contribution in [3.8, 4) is 0 Å². The van der Waals surface area contributed by atoms with E-state index < -0.39 is 0 Å². The van der Waals surface area contributed by atoms with Gasteiger partial charge in [0.05, 0.1) is 22.9 Å². The van der Waals surface area contributed by atoms with Gasteiger partial charge in [-0.05, 0) is 73.4 Å². The second kappa shape index (κ2) is 10.6. The van der Waals surface area contributed by atoms with Crippen LogP contribution in [0.3, 0.4) is 0 Å². The zero-order chi connectivity index (χ0) is 21.6. The predicted molar refractivity (Wildman–Crippen MR) is 127 cm³/mol. The highest BCUT2D eigenvalue weighted by molar-refractivity contribution is 7.99. The number of aromatic nitrogens is 1. The summed E-state index contributed by atoms with van der Waals surface area (Å²) in [5.74, 6) is 0.668. The summed E-state index contributed by atoms with van der Waals surface area (Å²) in [7, 11) is 0. The van der Waals surface area contributed by atoms with Crippen molar-refractivity contribution in [2.75, 3.05) is 23.8 Å². The lowest BCUT2D eigenvalue weighted by atomic mass is 10.2. The molecule has 1 atom stereocenters. The van der Waals surface area contributed by atoms with Crippen LogP contribution in [-0.2, 0) is 16.0 Å². The minimum Gasteiger partial charge on any atom is -0.376 e. The van der Waals surface area contributed by atoms with E-state index in [1.807, 2.05) is 11.0 Å². The lowest BCUT2D eigenvalue weighted by Crippen LogP contribution is -2.37. The second-order valence-corrected chi connectivity index (χ2v) is 9.87. The largest absolute Gasteiger partial charge is 0.376 e. The lowest BCUT2D eigenvalue weighted by molar-refractivity contribution is -0.119. The monoisotopic (exact) mass is 458 g/mol. The Hall–Kier alpha value is -1.96. The molecule has 0 N–H and O–H groups in total. The van der Waals surface area contributed by atoms with Gasteiger partial charge in [0.25, 0.3) is 0 Å². The Morgan fingerprint density at radius 1 is 1.29 bits per heavy atom. The van der Waals surface area contributed by atoms with Gasteiger partial charge >= 0.3 is 0 Å². The van der Waals surface area contributed by atoms with E-state index in [0.717, 1.165) is 58.3 Å². The molecule has 0 aliphatic carbocycles. The first-order chi connectivity index (χ1) is 15.1. The summed E-state index contributed by atoms with van der Waals surface area (Å²) >= 11 is 3.23. The SMILES string of the molecule is CCc1ccc2nc(N(CC3CCCO3)C(=O)CCCSc3ccc(F)cc3)sc2c1. The van der Waals surface area contributed by atoms with Gasteiger partial charge in [-0.1, -0.05) is 24.3 Å². The molecule has 7 heteroatoms. The van der Waals surface area contributed by atoms with Gasteiger partial charge in [0.15, 0.2) is 5.13 Å². The molecule has 164 valence electrons. The molecule has 0 radical (unpaired) electrons. The van der Waals surface area contributed by atoms with Crippen LogP contribution in [0.25, 0.3) is 10.2 Å². The Labute approximate surface area is 190 Å². The summed E-state index contributed by atoms with van der Waals surface area (Å²) in [5, 5.41) is 0.759. The van der Waals surface area contributed by atoms with Crippen LogP contribution in [-0.4, -0.2) is 35.9 Å². The Bertz CT molecular complexity index is 1020. The van der Waals surface area contributed by atoms with Gasteiger partial charge in [-0.25, -0.2) is 9.37 Å². The third kappa shape index (κ3) is 5.84. The van der Waals surface area contributed by atoms with Gasteiger partial charge in [-0.3, -0.25) is 9.69 Å². The highest BCUT2D eigenvalue weighted by Gasteiger charge is 2.26. The number of hydrogen-bond acceptors (Lipinski definition) is 5. The number of aryl methyl sites for hydroxylation is 1. The Morgan fingerprint density at radius 3 is 2.87 bits per heavy atom. The number of rotatable bonds is 9. The van der Waals surface area contributed by atoms with Crippen molar-refractivity contribution in [2.45, 2.75) is 50.0 Å². The number of fused-ring (bicyclic) bond motifs is 1. The number of anilines is 1. The molecule has 1 aliphatic heterocycles. The van der Waals surface area contributed by atoms with E-state index in [2.05, 4.69) is 19.1 Å². The van der Waals surface area contributed by atoms with Crippen LogP contribution in [0.1, 0.15) is 38.2 Å². The van der Waals surface area contributed by atoms with Crippen molar-refractivity contribution in [2.24, 2.45) is 0 Å². The topological polar surface area (TPSA) is 42.4 Å². The van der Waals surface area contributed by atoms with Crippen LogP contribution in [0.2, 0.25) is 0 Å². The maximum atomic E-state index is 13.2. The minimum absolute atomic E-state index is 0.0794. The van der Waals surface area contributed by atoms with Crippen molar-refractivity contribution in [1.29, 1.82) is 0 Å². The number of thioether (sulfide) groups is 1. The van der Waals surface area contributed by atoms with Crippen LogP contribution >= 0.6 is 23.1 Å². The maximum absolute atomic E-state index is 13.2. The average molecular weight is 459 g/mol. The first-order valence-electron chi connectivity index (χ1n) is 10.8. The first kappa shape index (κ1) is 22.2. The molecule has 1 aliphatic rings. The van der Waals surface area contributed by atoms with Gasteiger partial charge in [-0.15, -0.1) is 11.8 Å². The maximum Gasteiger partial charge on any atom is 0.228 e. The van der Waals surface area contributed by atoms with Crippen molar-refractivity contribution in [1.82, 2.24) is 4.98 Å². The van der Waals surface area contributed by atoms with Crippen molar-refractivity contribution in [3.63, 3.8) is 0 Å². The number of benzene rings is 2. The minimum atomic E-state index is -0.230. The van der Waals surface area contributed by atoms with Gasteiger partial charge in [0.2, 0.25) is 5.91 Å². The van der Waals surface area contributed by atoms with Crippen LogP contribution in [0.4, 0.5) is 9.52 Å². The van der Waals surface area contributed by atoms with Gasteiger partial charge < -0.3 is 4.74 Å². The van der Waals surface area contributed by atoms with Gasteiger partial charge in [-0.2, -0.15) is 0 Å². The van der Waals surface area contributed by atoms with E-state index in [0.29, 0.717) is 13.0 Å². The number of ether oxygens (including phenoxy) is 1. The van der Waals surface area contributed by atoms with E-state index in [-0.39, 0.29) is 17.8 Å². The summed E-state index contributed by atoms with van der Waals surface area (Å²) < 4.78 is 20.0. The predicted octanol–water partition coefficient (Wildman–Crippen LogP) is 6.08. The zero-order valence-corrected chi connectivity index (χ0v) is 19.3. The van der Waals surface area contributed by atoms with Gasteiger partial charge in [0.1, 0.15) is 5.82 Å². The van der Waals surface area contributed by atoms with Crippen molar-refractivity contribution < 1.29 is 13.9 Å². The number of nitrogens with zero attached hydrogens (tertiary/aromatic N) is 2. The normalized spacial score (nSPS) is 16.1. The fourth-order valence-corrected chi connectivity index (χ4v) is 5.56. The van der Waals surface area contributed by atoms with E-state index in [1.165, 1.54) is 17.7 Å². The third-order valence-electron chi connectivity index (χ3n) is 5.41. The molecule has 0 saturated carbocycles. The molecule has 3 aromatic rings. The number of thiazole rings is 1. The molecule has 4 nitrogen and oxygen atoms in total. The highest BCUT2D eigenvalue weighted by atomic mass is 32.2. The molecular formula is C24H27FN2O2S2. The molecule has 0 spiro atoms. The molecule has 1 aromatic heterocycles. The molecule has 0 bridgehead atoms. The number of carbonyl (C=O) groups excluding carboxylic acids is 1. The molecule has 2 heterocycles. The van der Waals surface area contributed by atoms with Gasteiger partial charge in [0, 0.05) is 17.9 Å². The summed E-state index contributed by atoms with van der Waals surface area (Å²) in [5.41, 5.74) is 2.21. The molecule has 31 heavy (non-hydrogen) atoms. The van der Waals surface area contributed by atoms with Crippen LogP contribution in [0, 0.1) is 5.82 Å². The Morgan fingerprint density at radius 2 is 2.13 bits per heavy atom. The number of carbonyl (C=O) groups is 1. The second-order valence-electron chi connectivity index (χ2n) is 7.70. The molecule has 1 unspecified atom stereocenters. The summed E-state index contributed by atoms with van der Waals surface area (Å²) in [4.78, 5) is 20.8. The van der Waals surface area contributed by atoms with Crippen molar-refractivity contribution >= 4 is 44.4 Å². The number of hydrogen-bond donors (Lipinski definition) is 0. The zero-order valence-electron chi connectivity index (χ0n) is 17.7. The summed E-state index contributed by atoms with van der Waals surface area (Å²) in [6.45, 7) is 3.46. The molecule has 1 saturated heterocycles. The summed E-state index contributed by atoms with van der Waals surface area (Å²) in [6, 6.07) is 12.8. The molecule has 1 amide bonds. The third-order valence-corrected chi connectivity index (χ3v) is 7.55. The van der Waals surface area contributed by atoms with E-state index in [1.54, 1.807) is 35.2 Å². The smallest absolute Gasteiger partial charge is 0.228 e. The number of halogens is 1. The molecule has 1 fully saturated rings. The molecule has 4 rings (SSSR count). The highest BCUT2D eigenvalue weighted by Crippen LogP contribution is 2.31. The Kier molecular flexibility index (Phi) is 7.58. The standard InChI is InChI=1S/C24H27FN2O2S2/c1-2-17-7-12-21-22(15-17)31-24(26-21)27(16-19-5-3-13-29-19)23(28)6-4-14-30-20-10-8-18(25)9-11-20/h7-12,15,19H,2-6,13-14,16H2,1H3. The van der Waals surface area contributed by atoms with E-state index >= 15 is 0 Å². The van der Waals surface area contributed by atoms with E-state index in [4.69, 9.17) is 9.72 Å². The molecular weight excluding hydrogens is 431 g/mol. The number of amides is 1. The molecule has 2 aromatic carbocycles. The average Bonchev–Trinajstić information content (AvgIpc) is 3.45. The Balaban J connectivity index is 1.42. The lowest BCUT2D eigenvalue weighted by Gasteiger charge is -2.23. The first-order valence-corrected chi connectivity index (χ1v) is 12.6. The summed E-state index contributed by atoms with van der Waals surface area (Å²) in [6.07, 6.45) is 4.30. The fourth-order valence-electron chi connectivity index (χ4n) is 3.65. The van der Waals surface area contributed by atoms with Crippen molar-refractivity contribution in [3.05, 3.63) is 53.8 Å². The van der Waals surface area contributed by atoms with Crippen LogP contribution in [0.15, 0.2) is 47.4 Å². The fraction of sp³-hybridized carbons (Fsp3) is 0.417. The van der Waals surface area contributed by atoms with Crippen LogP contribution < -0.4 is 4.90 Å². The quantitative estimate of drug-likeness (QED) is 0.288. The van der Waals surface area contributed by atoms with E-state index in [9.17, 15) is 9.18 Å².